The van der Waals surface area contributed by atoms with Crippen molar-refractivity contribution in [1.29, 1.82) is 0 Å². The molecule has 25 heavy (non-hydrogen) atoms. The number of carbonyl (C=O) groups excluding carboxylic acids is 2. The van der Waals surface area contributed by atoms with Crippen molar-refractivity contribution in [3.05, 3.63) is 35.9 Å². The molecule has 1 saturated heterocycles. The minimum absolute atomic E-state index is 0.0154. The zero-order chi connectivity index (χ0) is 17.6. The Hall–Kier alpha value is -1.95. The second kappa shape index (κ2) is 8.43. The molecule has 0 spiro atoms. The highest BCUT2D eigenvalue weighted by Gasteiger charge is 2.40. The van der Waals surface area contributed by atoms with Gasteiger partial charge in [-0.3, -0.25) is 14.5 Å². The van der Waals surface area contributed by atoms with Gasteiger partial charge in [-0.2, -0.15) is 0 Å². The second-order valence-electron chi connectivity index (χ2n) is 6.77. The van der Waals surface area contributed by atoms with E-state index >= 15 is 0 Å². The number of nitrogens with zero attached hydrogens (tertiary/aromatic N) is 1. The molecular formula is C19H25N3O2S. The highest BCUT2D eigenvalue weighted by atomic mass is 32.1. The van der Waals surface area contributed by atoms with Crippen LogP contribution < -0.4 is 10.6 Å². The first-order chi connectivity index (χ1) is 12.1. The monoisotopic (exact) mass is 359 g/mol. The van der Waals surface area contributed by atoms with E-state index < -0.39 is 0 Å². The molecule has 2 unspecified atom stereocenters. The highest BCUT2D eigenvalue weighted by molar-refractivity contribution is 7.80. The summed E-state index contributed by atoms with van der Waals surface area (Å²) in [4.78, 5) is 26.3. The predicted molar refractivity (Wildman–Crippen MR) is 101 cm³/mol. The molecule has 1 aromatic rings. The number of benzene rings is 1. The SMILES string of the molecule is O=C(CCN1C(=O)C2CCCCC2NC1=S)NCCc1ccccc1. The summed E-state index contributed by atoms with van der Waals surface area (Å²) in [5, 5.41) is 6.69. The minimum Gasteiger partial charge on any atom is -0.359 e. The van der Waals surface area contributed by atoms with Crippen LogP contribution in [-0.2, 0) is 16.0 Å². The molecule has 6 heteroatoms. The Morgan fingerprint density at radius 3 is 2.80 bits per heavy atom. The average molecular weight is 359 g/mol. The molecule has 2 amide bonds. The van der Waals surface area contributed by atoms with Crippen LogP contribution in [0, 0.1) is 5.92 Å². The van der Waals surface area contributed by atoms with E-state index in [1.54, 1.807) is 4.90 Å². The van der Waals surface area contributed by atoms with Crippen LogP contribution in [0.5, 0.6) is 0 Å². The van der Waals surface area contributed by atoms with Crippen molar-refractivity contribution in [1.82, 2.24) is 15.5 Å². The van der Waals surface area contributed by atoms with Gasteiger partial charge in [0.05, 0.1) is 5.92 Å². The lowest BCUT2D eigenvalue weighted by atomic mass is 9.82. The summed E-state index contributed by atoms with van der Waals surface area (Å²) in [7, 11) is 0. The molecule has 1 saturated carbocycles. The van der Waals surface area contributed by atoms with Crippen LogP contribution in [0.4, 0.5) is 0 Å². The third kappa shape index (κ3) is 4.57. The van der Waals surface area contributed by atoms with Gasteiger partial charge < -0.3 is 10.6 Å². The van der Waals surface area contributed by atoms with Crippen molar-refractivity contribution in [3.63, 3.8) is 0 Å². The number of rotatable bonds is 6. The molecule has 1 aromatic carbocycles. The number of amides is 2. The maximum absolute atomic E-state index is 12.6. The molecule has 0 radical (unpaired) electrons. The molecule has 2 N–H and O–H groups in total. The molecule has 0 bridgehead atoms. The molecule has 1 aliphatic heterocycles. The fraction of sp³-hybridized carbons (Fsp3) is 0.526. The van der Waals surface area contributed by atoms with Gasteiger partial charge in [0.15, 0.2) is 5.11 Å². The van der Waals surface area contributed by atoms with Gasteiger partial charge >= 0.3 is 0 Å². The second-order valence-corrected chi connectivity index (χ2v) is 7.16. The first-order valence-corrected chi connectivity index (χ1v) is 9.48. The van der Waals surface area contributed by atoms with Crippen molar-refractivity contribution in [2.45, 2.75) is 44.6 Å². The molecule has 3 rings (SSSR count). The lowest BCUT2D eigenvalue weighted by Crippen LogP contribution is -2.61. The number of nitrogens with one attached hydrogen (secondary N) is 2. The fourth-order valence-electron chi connectivity index (χ4n) is 3.64. The van der Waals surface area contributed by atoms with Crippen LogP contribution >= 0.6 is 12.2 Å². The maximum atomic E-state index is 12.6. The Balaban J connectivity index is 1.43. The summed E-state index contributed by atoms with van der Waals surface area (Å²) in [5.74, 6) is 0.0597. The summed E-state index contributed by atoms with van der Waals surface area (Å²) >= 11 is 5.34. The van der Waals surface area contributed by atoms with Gasteiger partial charge in [0.25, 0.3) is 0 Å². The van der Waals surface area contributed by atoms with E-state index in [0.29, 0.717) is 18.2 Å². The largest absolute Gasteiger partial charge is 0.359 e. The summed E-state index contributed by atoms with van der Waals surface area (Å²) in [6, 6.07) is 10.2. The van der Waals surface area contributed by atoms with Crippen molar-refractivity contribution in [2.75, 3.05) is 13.1 Å². The summed E-state index contributed by atoms with van der Waals surface area (Å²) in [6.07, 6.45) is 5.24. The van der Waals surface area contributed by atoms with Crippen molar-refractivity contribution < 1.29 is 9.59 Å². The first kappa shape index (κ1) is 17.9. The van der Waals surface area contributed by atoms with Crippen LogP contribution in [0.2, 0.25) is 0 Å². The van der Waals surface area contributed by atoms with Crippen LogP contribution in [-0.4, -0.2) is 41.0 Å². The quantitative estimate of drug-likeness (QED) is 0.763. The topological polar surface area (TPSA) is 61.4 Å². The summed E-state index contributed by atoms with van der Waals surface area (Å²) < 4.78 is 0. The van der Waals surface area contributed by atoms with Crippen LogP contribution in [0.15, 0.2) is 30.3 Å². The third-order valence-corrected chi connectivity index (χ3v) is 5.38. The fourth-order valence-corrected chi connectivity index (χ4v) is 3.97. The van der Waals surface area contributed by atoms with Gasteiger partial charge in [-0.1, -0.05) is 43.2 Å². The van der Waals surface area contributed by atoms with E-state index in [9.17, 15) is 9.59 Å². The van der Waals surface area contributed by atoms with Crippen LogP contribution in [0.3, 0.4) is 0 Å². The van der Waals surface area contributed by atoms with Crippen LogP contribution in [0.25, 0.3) is 0 Å². The standard InChI is InChI=1S/C19H25N3O2S/c23-17(20-12-10-14-6-2-1-3-7-14)11-13-22-18(24)15-8-4-5-9-16(15)21-19(22)25/h1-3,6-7,15-16H,4-5,8-13H2,(H,20,23)(H,21,25). The van der Waals surface area contributed by atoms with Crippen LogP contribution in [0.1, 0.15) is 37.7 Å². The third-order valence-electron chi connectivity index (χ3n) is 5.04. The molecule has 0 aromatic heterocycles. The number of carbonyl (C=O) groups is 2. The number of hydrogen-bond donors (Lipinski definition) is 2. The maximum Gasteiger partial charge on any atom is 0.233 e. The van der Waals surface area contributed by atoms with Gasteiger partial charge in [0.1, 0.15) is 0 Å². The molecule has 2 aliphatic rings. The van der Waals surface area contributed by atoms with Gasteiger partial charge in [-0.15, -0.1) is 0 Å². The van der Waals surface area contributed by atoms with E-state index in [0.717, 1.165) is 32.1 Å². The summed E-state index contributed by atoms with van der Waals surface area (Å²) in [5.41, 5.74) is 1.20. The van der Waals surface area contributed by atoms with Crippen molar-refractivity contribution in [3.8, 4) is 0 Å². The zero-order valence-corrected chi connectivity index (χ0v) is 15.2. The molecule has 1 heterocycles. The molecule has 5 nitrogen and oxygen atoms in total. The van der Waals surface area contributed by atoms with Gasteiger partial charge in [-0.25, -0.2) is 0 Å². The van der Waals surface area contributed by atoms with Gasteiger partial charge in [-0.05, 0) is 37.0 Å². The lowest BCUT2D eigenvalue weighted by molar-refractivity contribution is -0.135. The Bertz CT molecular complexity index is 635. The first-order valence-electron chi connectivity index (χ1n) is 9.07. The number of thiocarbonyl (C=S) groups is 1. The van der Waals surface area contributed by atoms with Crippen molar-refractivity contribution in [2.24, 2.45) is 5.92 Å². The average Bonchev–Trinajstić information content (AvgIpc) is 2.62. The van der Waals surface area contributed by atoms with Gasteiger partial charge in [0.2, 0.25) is 11.8 Å². The molecule has 2 atom stereocenters. The Labute approximate surface area is 154 Å². The van der Waals surface area contributed by atoms with E-state index in [-0.39, 0.29) is 30.2 Å². The molecule has 134 valence electrons. The Morgan fingerprint density at radius 2 is 2.00 bits per heavy atom. The van der Waals surface area contributed by atoms with E-state index in [2.05, 4.69) is 10.6 Å². The number of hydrogen-bond acceptors (Lipinski definition) is 3. The lowest BCUT2D eigenvalue weighted by Gasteiger charge is -2.41. The highest BCUT2D eigenvalue weighted by Crippen LogP contribution is 2.29. The molecule has 2 fully saturated rings. The summed E-state index contributed by atoms with van der Waals surface area (Å²) in [6.45, 7) is 0.954. The Kier molecular flexibility index (Phi) is 6.02. The smallest absolute Gasteiger partial charge is 0.233 e. The van der Waals surface area contributed by atoms with E-state index in [4.69, 9.17) is 12.2 Å². The van der Waals surface area contributed by atoms with Crippen molar-refractivity contribution >= 4 is 29.1 Å². The van der Waals surface area contributed by atoms with E-state index in [1.807, 2.05) is 30.3 Å². The number of fused-ring (bicyclic) bond motifs is 1. The Morgan fingerprint density at radius 1 is 1.24 bits per heavy atom. The predicted octanol–water partition coefficient (Wildman–Crippen LogP) is 2.01. The zero-order valence-electron chi connectivity index (χ0n) is 14.4. The van der Waals surface area contributed by atoms with E-state index in [1.165, 1.54) is 5.56 Å². The normalized spacial score (nSPS) is 23.0. The molecular weight excluding hydrogens is 334 g/mol. The van der Waals surface area contributed by atoms with Gasteiger partial charge in [0, 0.05) is 25.6 Å². The molecule has 1 aliphatic carbocycles. The minimum atomic E-state index is -0.0442.